The van der Waals surface area contributed by atoms with Gasteiger partial charge in [0.15, 0.2) is 5.69 Å². The van der Waals surface area contributed by atoms with Crippen LogP contribution in [-0.4, -0.2) is 39.2 Å². The Labute approximate surface area is 162 Å². The summed E-state index contributed by atoms with van der Waals surface area (Å²) in [7, 11) is 0. The Morgan fingerprint density at radius 1 is 1.11 bits per heavy atom. The smallest absolute Gasteiger partial charge is 0.287 e. The van der Waals surface area contributed by atoms with Crippen molar-refractivity contribution in [3.63, 3.8) is 0 Å². The van der Waals surface area contributed by atoms with Crippen LogP contribution >= 0.6 is 11.6 Å². The summed E-state index contributed by atoms with van der Waals surface area (Å²) in [6, 6.07) is 12.7. The Morgan fingerprint density at radius 3 is 2.48 bits per heavy atom. The minimum absolute atomic E-state index is 0.180. The SMILES string of the molecule is CCN(CC)C(=O)c1nc(C(=O)NCc2ccc(Cl)cc2)n2ccccc12. The average Bonchev–Trinajstić information content (AvgIpc) is 3.08. The topological polar surface area (TPSA) is 66.7 Å². The highest BCUT2D eigenvalue weighted by Gasteiger charge is 2.23. The fourth-order valence-corrected chi connectivity index (χ4v) is 3.01. The maximum absolute atomic E-state index is 12.8. The summed E-state index contributed by atoms with van der Waals surface area (Å²) >= 11 is 5.88. The number of pyridine rings is 1. The molecule has 1 N–H and O–H groups in total. The van der Waals surface area contributed by atoms with Crippen molar-refractivity contribution in [2.45, 2.75) is 20.4 Å². The summed E-state index contributed by atoms with van der Waals surface area (Å²) in [5.74, 6) is -0.333. The molecule has 0 aliphatic rings. The molecule has 0 saturated heterocycles. The van der Waals surface area contributed by atoms with Crippen LogP contribution in [0.4, 0.5) is 0 Å². The number of halogens is 1. The molecule has 0 unspecified atom stereocenters. The second-order valence-corrected chi connectivity index (χ2v) is 6.46. The van der Waals surface area contributed by atoms with Crippen molar-refractivity contribution < 1.29 is 9.59 Å². The van der Waals surface area contributed by atoms with Crippen LogP contribution in [0, 0.1) is 0 Å². The van der Waals surface area contributed by atoms with E-state index >= 15 is 0 Å². The Morgan fingerprint density at radius 2 is 1.81 bits per heavy atom. The fraction of sp³-hybridized carbons (Fsp3) is 0.250. The van der Waals surface area contributed by atoms with E-state index in [1.807, 2.05) is 32.0 Å². The van der Waals surface area contributed by atoms with Gasteiger partial charge < -0.3 is 10.2 Å². The van der Waals surface area contributed by atoms with Crippen LogP contribution in [0.5, 0.6) is 0 Å². The maximum atomic E-state index is 12.8. The number of imidazole rings is 1. The lowest BCUT2D eigenvalue weighted by Gasteiger charge is -2.17. The third kappa shape index (κ3) is 3.95. The molecule has 0 aliphatic heterocycles. The lowest BCUT2D eigenvalue weighted by Crippen LogP contribution is -2.31. The van der Waals surface area contributed by atoms with E-state index in [0.717, 1.165) is 5.56 Å². The summed E-state index contributed by atoms with van der Waals surface area (Å²) in [5, 5.41) is 3.49. The zero-order valence-electron chi connectivity index (χ0n) is 15.3. The van der Waals surface area contributed by atoms with E-state index in [-0.39, 0.29) is 23.3 Å². The van der Waals surface area contributed by atoms with Gasteiger partial charge in [0.2, 0.25) is 5.82 Å². The normalized spacial score (nSPS) is 10.8. The van der Waals surface area contributed by atoms with E-state index in [9.17, 15) is 9.59 Å². The van der Waals surface area contributed by atoms with Gasteiger partial charge in [-0.25, -0.2) is 4.98 Å². The molecule has 3 rings (SSSR count). The van der Waals surface area contributed by atoms with E-state index < -0.39 is 0 Å². The Balaban J connectivity index is 1.88. The first-order chi connectivity index (χ1) is 13.0. The Hall–Kier alpha value is -2.86. The van der Waals surface area contributed by atoms with Crippen LogP contribution in [-0.2, 0) is 6.54 Å². The maximum Gasteiger partial charge on any atom is 0.287 e. The number of hydrogen-bond donors (Lipinski definition) is 1. The average molecular weight is 385 g/mol. The Bertz CT molecular complexity index is 962. The minimum atomic E-state index is -0.343. The Kier molecular flexibility index (Phi) is 5.76. The first-order valence-corrected chi connectivity index (χ1v) is 9.22. The summed E-state index contributed by atoms with van der Waals surface area (Å²) in [4.78, 5) is 31.5. The van der Waals surface area contributed by atoms with Crippen molar-refractivity contribution in [3.05, 3.63) is 70.8 Å². The number of nitrogens with one attached hydrogen (secondary N) is 1. The summed E-state index contributed by atoms with van der Waals surface area (Å²) in [6.45, 7) is 5.34. The standard InChI is InChI=1S/C20H21ClN4O2/c1-3-24(4-2)20(27)17-16-7-5-6-12-25(16)18(23-17)19(26)22-13-14-8-10-15(21)11-9-14/h5-12H,3-4,13H2,1-2H3,(H,22,26). The lowest BCUT2D eigenvalue weighted by molar-refractivity contribution is 0.0769. The highest BCUT2D eigenvalue weighted by atomic mass is 35.5. The van der Waals surface area contributed by atoms with Crippen LogP contribution in [0.1, 0.15) is 40.5 Å². The van der Waals surface area contributed by atoms with Gasteiger partial charge in [0, 0.05) is 30.9 Å². The third-order valence-electron chi connectivity index (χ3n) is 4.37. The van der Waals surface area contributed by atoms with Crippen LogP contribution in [0.3, 0.4) is 0 Å². The van der Waals surface area contributed by atoms with E-state index in [1.54, 1.807) is 39.8 Å². The number of carbonyl (C=O) groups excluding carboxylic acids is 2. The molecule has 0 spiro atoms. The molecule has 0 atom stereocenters. The van der Waals surface area contributed by atoms with Gasteiger partial charge in [-0.3, -0.25) is 14.0 Å². The molecule has 7 heteroatoms. The van der Waals surface area contributed by atoms with Gasteiger partial charge in [0.05, 0.1) is 5.52 Å². The highest BCUT2D eigenvalue weighted by Crippen LogP contribution is 2.16. The molecule has 1 aromatic carbocycles. The first kappa shape index (κ1) is 18.9. The molecule has 2 amide bonds. The summed E-state index contributed by atoms with van der Waals surface area (Å²) in [5.41, 5.74) is 1.83. The second-order valence-electron chi connectivity index (χ2n) is 6.03. The predicted octanol–water partition coefficient (Wildman–Crippen LogP) is 3.40. The molecule has 0 bridgehead atoms. The van der Waals surface area contributed by atoms with E-state index in [2.05, 4.69) is 10.3 Å². The minimum Gasteiger partial charge on any atom is -0.345 e. The van der Waals surface area contributed by atoms with Gasteiger partial charge in [0.1, 0.15) is 0 Å². The molecule has 0 saturated carbocycles. The zero-order chi connectivity index (χ0) is 19.4. The molecule has 3 aromatic rings. The van der Waals surface area contributed by atoms with Crippen molar-refractivity contribution >= 4 is 28.9 Å². The lowest BCUT2D eigenvalue weighted by atomic mass is 10.2. The second kappa shape index (κ2) is 8.22. The molecule has 6 nitrogen and oxygen atoms in total. The van der Waals surface area contributed by atoms with Crippen molar-refractivity contribution in [2.75, 3.05) is 13.1 Å². The number of carbonyl (C=O) groups is 2. The number of nitrogens with zero attached hydrogens (tertiary/aromatic N) is 3. The van der Waals surface area contributed by atoms with Crippen LogP contribution in [0.2, 0.25) is 5.02 Å². The van der Waals surface area contributed by atoms with E-state index in [4.69, 9.17) is 11.6 Å². The highest BCUT2D eigenvalue weighted by molar-refractivity contribution is 6.30. The van der Waals surface area contributed by atoms with Crippen molar-refractivity contribution in [1.29, 1.82) is 0 Å². The van der Waals surface area contributed by atoms with Crippen LogP contribution in [0.15, 0.2) is 48.7 Å². The van der Waals surface area contributed by atoms with Gasteiger partial charge in [0.25, 0.3) is 11.8 Å². The number of aromatic nitrogens is 2. The van der Waals surface area contributed by atoms with Crippen LogP contribution in [0.25, 0.3) is 5.52 Å². The molecular weight excluding hydrogens is 364 g/mol. The molecule has 140 valence electrons. The van der Waals surface area contributed by atoms with Crippen molar-refractivity contribution in [1.82, 2.24) is 19.6 Å². The molecule has 27 heavy (non-hydrogen) atoms. The summed E-state index contributed by atoms with van der Waals surface area (Å²) in [6.07, 6.45) is 1.73. The van der Waals surface area contributed by atoms with Gasteiger partial charge >= 0.3 is 0 Å². The summed E-state index contributed by atoms with van der Waals surface area (Å²) < 4.78 is 1.65. The number of benzene rings is 1. The molecule has 0 radical (unpaired) electrons. The monoisotopic (exact) mass is 384 g/mol. The van der Waals surface area contributed by atoms with Gasteiger partial charge in [-0.2, -0.15) is 0 Å². The molecule has 2 aromatic heterocycles. The number of rotatable bonds is 6. The first-order valence-electron chi connectivity index (χ1n) is 8.84. The third-order valence-corrected chi connectivity index (χ3v) is 4.62. The number of fused-ring (bicyclic) bond motifs is 1. The van der Waals surface area contributed by atoms with Gasteiger partial charge in [-0.1, -0.05) is 29.8 Å². The molecule has 0 fully saturated rings. The molecule has 2 heterocycles. The van der Waals surface area contributed by atoms with Crippen molar-refractivity contribution in [3.8, 4) is 0 Å². The molecule has 0 aliphatic carbocycles. The van der Waals surface area contributed by atoms with E-state index in [0.29, 0.717) is 30.2 Å². The van der Waals surface area contributed by atoms with E-state index in [1.165, 1.54) is 0 Å². The zero-order valence-corrected chi connectivity index (χ0v) is 16.0. The van der Waals surface area contributed by atoms with Gasteiger partial charge in [-0.05, 0) is 43.7 Å². The predicted molar refractivity (Wildman–Crippen MR) is 105 cm³/mol. The molecular formula is C20H21ClN4O2. The quantitative estimate of drug-likeness (QED) is 0.708. The van der Waals surface area contributed by atoms with Gasteiger partial charge in [-0.15, -0.1) is 0 Å². The fourth-order valence-electron chi connectivity index (χ4n) is 2.88. The number of hydrogen-bond acceptors (Lipinski definition) is 3. The van der Waals surface area contributed by atoms with Crippen LogP contribution < -0.4 is 5.32 Å². The number of amides is 2. The van der Waals surface area contributed by atoms with Crippen molar-refractivity contribution in [2.24, 2.45) is 0 Å². The largest absolute Gasteiger partial charge is 0.345 e.